The Hall–Kier alpha value is -1.96. The molecule has 0 saturated carbocycles. The minimum absolute atomic E-state index is 0.00732. The number of aromatic nitrogens is 3. The summed E-state index contributed by atoms with van der Waals surface area (Å²) in [7, 11) is 1.72. The normalized spacial score (nSPS) is 12.6. The zero-order chi connectivity index (χ0) is 15.6. The molecule has 0 saturated heterocycles. The van der Waals surface area contributed by atoms with Crippen LogP contribution in [0.5, 0.6) is 0 Å². The van der Waals surface area contributed by atoms with E-state index in [0.29, 0.717) is 11.5 Å². The summed E-state index contributed by atoms with van der Waals surface area (Å²) in [4.78, 5) is 15.3. The summed E-state index contributed by atoms with van der Waals surface area (Å²) in [5.41, 5.74) is 0.557. The molecule has 2 rings (SSSR count). The van der Waals surface area contributed by atoms with Crippen LogP contribution in [-0.2, 0) is 7.05 Å². The lowest BCUT2D eigenvalue weighted by Gasteiger charge is -2.15. The van der Waals surface area contributed by atoms with Gasteiger partial charge in [-0.15, -0.1) is 11.3 Å². The van der Waals surface area contributed by atoms with Crippen molar-refractivity contribution in [2.45, 2.75) is 39.2 Å². The van der Waals surface area contributed by atoms with E-state index in [-0.39, 0.29) is 22.6 Å². The molecule has 2 aromatic heterocycles. The lowest BCUT2D eigenvalue weighted by atomic mass is 10.1. The summed E-state index contributed by atoms with van der Waals surface area (Å²) in [5.74, 6) is 0.429. The predicted octanol–water partition coefficient (Wildman–Crippen LogP) is 3.47. The van der Waals surface area contributed by atoms with Gasteiger partial charge in [0.1, 0.15) is 10.7 Å². The smallest absolute Gasteiger partial charge is 0.334 e. The Balaban J connectivity index is 2.41. The molecule has 0 radical (unpaired) electrons. The summed E-state index contributed by atoms with van der Waals surface area (Å²) in [6.07, 6.45) is 2.52. The standard InChI is InChI=1S/C13H19N5O2S/c1-5-9(13-14-6-7-21-13)15-12-11(18(19)20)10(8(2)3)16-17(12)4/h6-9,15H,5H2,1-4H3. The van der Waals surface area contributed by atoms with Gasteiger partial charge in [0.15, 0.2) is 0 Å². The number of nitrogens with one attached hydrogen (secondary N) is 1. The van der Waals surface area contributed by atoms with Gasteiger partial charge in [-0.2, -0.15) is 5.10 Å². The minimum atomic E-state index is -0.362. The Morgan fingerprint density at radius 1 is 1.52 bits per heavy atom. The molecule has 0 aromatic carbocycles. The number of anilines is 1. The Kier molecular flexibility index (Phi) is 4.56. The molecular weight excluding hydrogens is 290 g/mol. The first-order chi connectivity index (χ1) is 9.95. The van der Waals surface area contributed by atoms with Crippen molar-refractivity contribution in [1.82, 2.24) is 14.8 Å². The molecule has 1 N–H and O–H groups in total. The number of nitrogens with zero attached hydrogens (tertiary/aromatic N) is 4. The van der Waals surface area contributed by atoms with Crippen molar-refractivity contribution in [2.75, 3.05) is 5.32 Å². The predicted molar refractivity (Wildman–Crippen MR) is 82.7 cm³/mol. The molecule has 1 unspecified atom stereocenters. The van der Waals surface area contributed by atoms with Crippen molar-refractivity contribution < 1.29 is 4.92 Å². The van der Waals surface area contributed by atoms with E-state index in [9.17, 15) is 10.1 Å². The molecule has 0 aliphatic rings. The van der Waals surface area contributed by atoms with Crippen LogP contribution in [0.3, 0.4) is 0 Å². The lowest BCUT2D eigenvalue weighted by Crippen LogP contribution is -2.13. The number of hydrogen-bond acceptors (Lipinski definition) is 6. The van der Waals surface area contributed by atoms with Gasteiger partial charge in [0, 0.05) is 24.5 Å². The van der Waals surface area contributed by atoms with Crippen LogP contribution in [0, 0.1) is 10.1 Å². The van der Waals surface area contributed by atoms with Crippen LogP contribution < -0.4 is 5.32 Å². The van der Waals surface area contributed by atoms with Crippen molar-refractivity contribution in [3.8, 4) is 0 Å². The number of rotatable bonds is 6. The summed E-state index contributed by atoms with van der Waals surface area (Å²) in [6, 6.07) is -0.0564. The van der Waals surface area contributed by atoms with Crippen LogP contribution in [-0.4, -0.2) is 19.7 Å². The first-order valence-electron chi connectivity index (χ1n) is 6.82. The Morgan fingerprint density at radius 3 is 2.71 bits per heavy atom. The Bertz CT molecular complexity index is 621. The average molecular weight is 309 g/mol. The van der Waals surface area contributed by atoms with Crippen molar-refractivity contribution in [3.63, 3.8) is 0 Å². The fourth-order valence-corrected chi connectivity index (χ4v) is 2.95. The second kappa shape index (κ2) is 6.21. The van der Waals surface area contributed by atoms with Crippen LogP contribution in [0.1, 0.15) is 49.9 Å². The van der Waals surface area contributed by atoms with E-state index in [4.69, 9.17) is 0 Å². The van der Waals surface area contributed by atoms with Crippen molar-refractivity contribution in [2.24, 2.45) is 7.05 Å². The Labute approximate surface area is 127 Å². The first-order valence-corrected chi connectivity index (χ1v) is 7.70. The van der Waals surface area contributed by atoms with E-state index in [0.717, 1.165) is 11.4 Å². The third-order valence-electron chi connectivity index (χ3n) is 3.25. The maximum absolute atomic E-state index is 11.4. The second-order valence-corrected chi connectivity index (χ2v) is 6.02. The molecule has 8 heteroatoms. The van der Waals surface area contributed by atoms with E-state index in [2.05, 4.69) is 15.4 Å². The fraction of sp³-hybridized carbons (Fsp3) is 0.538. The molecule has 0 spiro atoms. The molecular formula is C13H19N5O2S. The number of hydrogen-bond donors (Lipinski definition) is 1. The molecule has 2 heterocycles. The first kappa shape index (κ1) is 15.4. The summed E-state index contributed by atoms with van der Waals surface area (Å²) in [5, 5.41) is 21.8. The summed E-state index contributed by atoms with van der Waals surface area (Å²) in [6.45, 7) is 5.82. The SMILES string of the molecule is CCC(Nc1c([N+](=O)[O-])c(C(C)C)nn1C)c1nccs1. The maximum atomic E-state index is 11.4. The molecule has 1 atom stereocenters. The largest absolute Gasteiger partial charge is 0.355 e. The quantitative estimate of drug-likeness (QED) is 0.652. The third-order valence-corrected chi connectivity index (χ3v) is 4.14. The molecule has 0 bridgehead atoms. The van der Waals surface area contributed by atoms with Crippen LogP contribution in [0.15, 0.2) is 11.6 Å². The lowest BCUT2D eigenvalue weighted by molar-refractivity contribution is -0.384. The van der Waals surface area contributed by atoms with Crippen LogP contribution >= 0.6 is 11.3 Å². The molecule has 21 heavy (non-hydrogen) atoms. The van der Waals surface area contributed by atoms with Gasteiger partial charge >= 0.3 is 5.69 Å². The van der Waals surface area contributed by atoms with E-state index in [1.54, 1.807) is 17.9 Å². The molecule has 7 nitrogen and oxygen atoms in total. The van der Waals surface area contributed by atoms with E-state index >= 15 is 0 Å². The van der Waals surface area contributed by atoms with Crippen molar-refractivity contribution in [1.29, 1.82) is 0 Å². The molecule has 0 aliphatic heterocycles. The van der Waals surface area contributed by atoms with Gasteiger partial charge < -0.3 is 5.32 Å². The summed E-state index contributed by atoms with van der Waals surface area (Å²) < 4.78 is 1.55. The molecule has 0 fully saturated rings. The van der Waals surface area contributed by atoms with Gasteiger partial charge in [0.25, 0.3) is 0 Å². The minimum Gasteiger partial charge on any atom is -0.355 e. The van der Waals surface area contributed by atoms with Crippen LogP contribution in [0.25, 0.3) is 0 Å². The van der Waals surface area contributed by atoms with Gasteiger partial charge in [0.2, 0.25) is 5.82 Å². The van der Waals surface area contributed by atoms with Crippen molar-refractivity contribution >= 4 is 22.8 Å². The maximum Gasteiger partial charge on any atom is 0.334 e. The number of nitro groups is 1. The van der Waals surface area contributed by atoms with Crippen molar-refractivity contribution in [3.05, 3.63) is 32.4 Å². The highest BCUT2D eigenvalue weighted by Gasteiger charge is 2.30. The zero-order valence-corrected chi connectivity index (χ0v) is 13.3. The highest BCUT2D eigenvalue weighted by molar-refractivity contribution is 7.09. The van der Waals surface area contributed by atoms with Crippen LogP contribution in [0.4, 0.5) is 11.5 Å². The van der Waals surface area contributed by atoms with E-state index < -0.39 is 0 Å². The van der Waals surface area contributed by atoms with Gasteiger partial charge in [0.05, 0.1) is 11.0 Å². The van der Waals surface area contributed by atoms with Gasteiger partial charge in [-0.3, -0.25) is 10.1 Å². The fourth-order valence-electron chi connectivity index (χ4n) is 2.17. The number of aryl methyl sites for hydroxylation is 1. The highest BCUT2D eigenvalue weighted by atomic mass is 32.1. The van der Waals surface area contributed by atoms with Gasteiger partial charge in [-0.25, -0.2) is 9.67 Å². The molecule has 0 amide bonds. The molecule has 2 aromatic rings. The topological polar surface area (TPSA) is 85.9 Å². The van der Waals surface area contributed by atoms with Gasteiger partial charge in [-0.1, -0.05) is 20.8 Å². The molecule has 114 valence electrons. The Morgan fingerprint density at radius 2 is 2.24 bits per heavy atom. The zero-order valence-electron chi connectivity index (χ0n) is 12.5. The third kappa shape index (κ3) is 3.05. The summed E-state index contributed by atoms with van der Waals surface area (Å²) >= 11 is 1.53. The van der Waals surface area contributed by atoms with Gasteiger partial charge in [-0.05, 0) is 6.42 Å². The van der Waals surface area contributed by atoms with E-state index in [1.165, 1.54) is 11.3 Å². The second-order valence-electron chi connectivity index (χ2n) is 5.09. The number of thiazole rings is 1. The molecule has 0 aliphatic carbocycles. The average Bonchev–Trinajstić information content (AvgIpc) is 3.03. The van der Waals surface area contributed by atoms with E-state index in [1.807, 2.05) is 26.2 Å². The highest BCUT2D eigenvalue weighted by Crippen LogP contribution is 2.35. The monoisotopic (exact) mass is 309 g/mol. The van der Waals surface area contributed by atoms with Crippen LogP contribution in [0.2, 0.25) is 0 Å².